The highest BCUT2D eigenvalue weighted by atomic mass is 32.2. The number of hydrogen-bond acceptors (Lipinski definition) is 4. The zero-order valence-electron chi connectivity index (χ0n) is 7.75. The number of thioether (sulfide) groups is 1. The van der Waals surface area contributed by atoms with Gasteiger partial charge in [-0.1, -0.05) is 0 Å². The van der Waals surface area contributed by atoms with E-state index >= 15 is 0 Å². The van der Waals surface area contributed by atoms with Gasteiger partial charge in [0, 0.05) is 18.2 Å². The quantitative estimate of drug-likeness (QED) is 0.580. The number of rotatable bonds is 4. The molecule has 13 heavy (non-hydrogen) atoms. The van der Waals surface area contributed by atoms with Crippen LogP contribution < -0.4 is 10.6 Å². The normalized spacial score (nSPS) is 24.3. The molecular formula is C8H16N2O2S. The Kier molecular flexibility index (Phi) is 4.55. The van der Waals surface area contributed by atoms with E-state index in [0.29, 0.717) is 13.0 Å². The summed E-state index contributed by atoms with van der Waals surface area (Å²) in [4.78, 5) is 11.4. The Morgan fingerprint density at radius 3 is 3.15 bits per heavy atom. The minimum absolute atomic E-state index is 0.0426. The molecule has 2 atom stereocenters. The van der Waals surface area contributed by atoms with Crippen LogP contribution in [0.1, 0.15) is 13.3 Å². The molecule has 0 aromatic heterocycles. The lowest BCUT2D eigenvalue weighted by Gasteiger charge is -2.10. The number of hydrogen-bond donors (Lipinski definition) is 3. The molecule has 1 saturated heterocycles. The van der Waals surface area contributed by atoms with Gasteiger partial charge < -0.3 is 10.4 Å². The smallest absolute Gasteiger partial charge is 0.238 e. The predicted octanol–water partition coefficient (Wildman–Crippen LogP) is -0.464. The van der Waals surface area contributed by atoms with Crippen molar-refractivity contribution < 1.29 is 9.90 Å². The van der Waals surface area contributed by atoms with Crippen molar-refractivity contribution in [3.8, 4) is 0 Å². The molecule has 0 saturated carbocycles. The Morgan fingerprint density at radius 1 is 1.85 bits per heavy atom. The van der Waals surface area contributed by atoms with E-state index in [2.05, 4.69) is 10.6 Å². The SMILES string of the molecule is CC(O)CCNC(=O)C1CSCN1. The van der Waals surface area contributed by atoms with Crippen LogP contribution in [0.5, 0.6) is 0 Å². The second kappa shape index (κ2) is 5.47. The molecule has 1 heterocycles. The van der Waals surface area contributed by atoms with E-state index < -0.39 is 0 Å². The van der Waals surface area contributed by atoms with Crippen LogP contribution in [0.4, 0.5) is 0 Å². The standard InChI is InChI=1S/C8H16N2O2S/c1-6(11)2-3-9-8(12)7-4-13-5-10-7/h6-7,10-11H,2-5H2,1H3,(H,9,12). The highest BCUT2D eigenvalue weighted by Gasteiger charge is 2.21. The molecule has 1 rings (SSSR count). The molecule has 4 nitrogen and oxygen atoms in total. The summed E-state index contributed by atoms with van der Waals surface area (Å²) in [6, 6.07) is -0.0426. The largest absolute Gasteiger partial charge is 0.393 e. The molecule has 76 valence electrons. The summed E-state index contributed by atoms with van der Waals surface area (Å²) in [6.07, 6.45) is 0.275. The maximum atomic E-state index is 11.4. The van der Waals surface area contributed by atoms with Crippen LogP contribution in [0.25, 0.3) is 0 Å². The molecule has 1 amide bonds. The molecule has 1 aliphatic rings. The molecule has 0 aliphatic carbocycles. The zero-order chi connectivity index (χ0) is 9.68. The van der Waals surface area contributed by atoms with E-state index in [1.165, 1.54) is 0 Å². The van der Waals surface area contributed by atoms with Gasteiger partial charge in [-0.25, -0.2) is 0 Å². The highest BCUT2D eigenvalue weighted by Crippen LogP contribution is 2.09. The van der Waals surface area contributed by atoms with Gasteiger partial charge in [-0.3, -0.25) is 10.1 Å². The van der Waals surface area contributed by atoms with Gasteiger partial charge in [-0.15, -0.1) is 11.8 Å². The summed E-state index contributed by atoms with van der Waals surface area (Å²) in [7, 11) is 0. The van der Waals surface area contributed by atoms with Gasteiger partial charge in [0.15, 0.2) is 0 Å². The molecule has 1 aliphatic heterocycles. The monoisotopic (exact) mass is 204 g/mol. The summed E-state index contributed by atoms with van der Waals surface area (Å²) in [6.45, 7) is 2.27. The van der Waals surface area contributed by atoms with E-state index in [0.717, 1.165) is 11.6 Å². The van der Waals surface area contributed by atoms with Crippen LogP contribution in [0.2, 0.25) is 0 Å². The minimum atomic E-state index is -0.341. The third kappa shape index (κ3) is 3.97. The van der Waals surface area contributed by atoms with Gasteiger partial charge in [-0.2, -0.15) is 0 Å². The van der Waals surface area contributed by atoms with Gasteiger partial charge in [0.1, 0.15) is 0 Å². The van der Waals surface area contributed by atoms with Crippen LogP contribution in [0, 0.1) is 0 Å². The average Bonchev–Trinajstić information content (AvgIpc) is 2.55. The molecule has 1 fully saturated rings. The summed E-state index contributed by atoms with van der Waals surface area (Å²) in [5.41, 5.74) is 0. The van der Waals surface area contributed by atoms with Crippen molar-refractivity contribution >= 4 is 17.7 Å². The second-order valence-electron chi connectivity index (χ2n) is 3.20. The van der Waals surface area contributed by atoms with Crippen LogP contribution in [-0.4, -0.2) is 41.3 Å². The Balaban J connectivity index is 2.10. The number of carbonyl (C=O) groups excluding carboxylic acids is 1. The molecule has 0 spiro atoms. The molecule has 3 N–H and O–H groups in total. The molecule has 0 aromatic rings. The fraction of sp³-hybridized carbons (Fsp3) is 0.875. The highest BCUT2D eigenvalue weighted by molar-refractivity contribution is 7.99. The first-order valence-corrected chi connectivity index (χ1v) is 5.62. The van der Waals surface area contributed by atoms with Crippen molar-refractivity contribution in [3.05, 3.63) is 0 Å². The van der Waals surface area contributed by atoms with Crippen molar-refractivity contribution in [2.45, 2.75) is 25.5 Å². The Hall–Kier alpha value is -0.260. The van der Waals surface area contributed by atoms with Crippen molar-refractivity contribution in [2.75, 3.05) is 18.2 Å². The third-order valence-electron chi connectivity index (χ3n) is 1.89. The molecule has 5 heteroatoms. The van der Waals surface area contributed by atoms with Gasteiger partial charge in [0.2, 0.25) is 5.91 Å². The first kappa shape index (κ1) is 10.8. The van der Waals surface area contributed by atoms with Crippen LogP contribution in [-0.2, 0) is 4.79 Å². The van der Waals surface area contributed by atoms with Gasteiger partial charge in [0.05, 0.1) is 12.1 Å². The number of carbonyl (C=O) groups is 1. The first-order valence-electron chi connectivity index (χ1n) is 4.47. The lowest BCUT2D eigenvalue weighted by atomic mass is 10.2. The second-order valence-corrected chi connectivity index (χ2v) is 4.23. The predicted molar refractivity (Wildman–Crippen MR) is 53.6 cm³/mol. The minimum Gasteiger partial charge on any atom is -0.393 e. The van der Waals surface area contributed by atoms with Gasteiger partial charge in [-0.05, 0) is 13.3 Å². The zero-order valence-corrected chi connectivity index (χ0v) is 8.56. The van der Waals surface area contributed by atoms with E-state index in [4.69, 9.17) is 5.11 Å². The average molecular weight is 204 g/mol. The fourth-order valence-corrected chi connectivity index (χ4v) is 2.03. The molecule has 2 unspecified atom stereocenters. The van der Waals surface area contributed by atoms with Crippen molar-refractivity contribution in [1.29, 1.82) is 0 Å². The topological polar surface area (TPSA) is 61.4 Å². The Bertz CT molecular complexity index is 170. The molecule has 0 radical (unpaired) electrons. The van der Waals surface area contributed by atoms with E-state index in [-0.39, 0.29) is 18.1 Å². The Morgan fingerprint density at radius 2 is 2.62 bits per heavy atom. The lowest BCUT2D eigenvalue weighted by molar-refractivity contribution is -0.122. The maximum Gasteiger partial charge on any atom is 0.238 e. The van der Waals surface area contributed by atoms with Crippen molar-refractivity contribution in [1.82, 2.24) is 10.6 Å². The molecule has 0 aromatic carbocycles. The maximum absolute atomic E-state index is 11.4. The van der Waals surface area contributed by atoms with Gasteiger partial charge in [0.25, 0.3) is 0 Å². The fourth-order valence-electron chi connectivity index (χ4n) is 1.09. The van der Waals surface area contributed by atoms with Crippen molar-refractivity contribution in [2.24, 2.45) is 0 Å². The molecule has 0 bridgehead atoms. The number of nitrogens with one attached hydrogen (secondary N) is 2. The van der Waals surface area contributed by atoms with Gasteiger partial charge >= 0.3 is 0 Å². The van der Waals surface area contributed by atoms with Crippen molar-refractivity contribution in [3.63, 3.8) is 0 Å². The van der Waals surface area contributed by atoms with E-state index in [9.17, 15) is 4.79 Å². The number of aliphatic hydroxyl groups is 1. The van der Waals surface area contributed by atoms with Crippen LogP contribution in [0.15, 0.2) is 0 Å². The summed E-state index contributed by atoms with van der Waals surface area (Å²) in [5, 5.41) is 14.8. The van der Waals surface area contributed by atoms with Crippen LogP contribution in [0.3, 0.4) is 0 Å². The summed E-state index contributed by atoms with van der Waals surface area (Å²) >= 11 is 1.73. The number of amides is 1. The summed E-state index contributed by atoms with van der Waals surface area (Å²) < 4.78 is 0. The van der Waals surface area contributed by atoms with Crippen LogP contribution >= 0.6 is 11.8 Å². The van der Waals surface area contributed by atoms with E-state index in [1.807, 2.05) is 0 Å². The third-order valence-corrected chi connectivity index (χ3v) is 2.83. The molecular weight excluding hydrogens is 188 g/mol. The summed E-state index contributed by atoms with van der Waals surface area (Å²) in [5.74, 6) is 1.75. The number of aliphatic hydroxyl groups excluding tert-OH is 1. The Labute approximate surface area is 82.5 Å². The lowest BCUT2D eigenvalue weighted by Crippen LogP contribution is -2.42. The first-order chi connectivity index (χ1) is 6.20. The van der Waals surface area contributed by atoms with E-state index in [1.54, 1.807) is 18.7 Å².